The van der Waals surface area contributed by atoms with Crippen molar-refractivity contribution in [1.82, 2.24) is 0 Å². The lowest BCUT2D eigenvalue weighted by Crippen LogP contribution is -2.13. The van der Waals surface area contributed by atoms with E-state index in [1.807, 2.05) is 6.07 Å². The van der Waals surface area contributed by atoms with Gasteiger partial charge in [-0.15, -0.1) is 11.3 Å². The Labute approximate surface area is 163 Å². The highest BCUT2D eigenvalue weighted by Crippen LogP contribution is 2.37. The second kappa shape index (κ2) is 7.74. The van der Waals surface area contributed by atoms with E-state index >= 15 is 0 Å². The number of hydrogen-bond acceptors (Lipinski definition) is 5. The van der Waals surface area contributed by atoms with Gasteiger partial charge < -0.3 is 10.4 Å². The Kier molecular flexibility index (Phi) is 5.41. The van der Waals surface area contributed by atoms with E-state index in [9.17, 15) is 20.4 Å². The number of carbonyl (C=O) groups is 1. The summed E-state index contributed by atoms with van der Waals surface area (Å²) in [5.74, 6) is -0.472. The first-order valence-corrected chi connectivity index (χ1v) is 9.60. The van der Waals surface area contributed by atoms with Crippen molar-refractivity contribution in [2.75, 3.05) is 5.32 Å². The van der Waals surface area contributed by atoms with Crippen molar-refractivity contribution < 1.29 is 9.90 Å². The van der Waals surface area contributed by atoms with E-state index in [4.69, 9.17) is 0 Å². The summed E-state index contributed by atoms with van der Waals surface area (Å²) < 4.78 is 0.474. The van der Waals surface area contributed by atoms with Gasteiger partial charge in [0.2, 0.25) is 0 Å². The van der Waals surface area contributed by atoms with Crippen LogP contribution in [0.15, 0.2) is 28.2 Å². The fourth-order valence-electron chi connectivity index (χ4n) is 2.87. The number of phenolic OH excluding ortho intramolecular Hbond substituents is 1. The monoisotopic (exact) mass is 427 g/mol. The lowest BCUT2D eigenvalue weighted by atomic mass is 9.96. The van der Waals surface area contributed by atoms with Crippen LogP contribution in [0.4, 0.5) is 5.00 Å². The summed E-state index contributed by atoms with van der Waals surface area (Å²) in [7, 11) is 0. The van der Waals surface area contributed by atoms with E-state index in [0.29, 0.717) is 20.6 Å². The Bertz CT molecular complexity index is 995. The van der Waals surface area contributed by atoms with Gasteiger partial charge in [0.15, 0.2) is 0 Å². The third-order valence-corrected chi connectivity index (χ3v) is 6.00. The van der Waals surface area contributed by atoms with Crippen LogP contribution in [0.25, 0.3) is 6.08 Å². The van der Waals surface area contributed by atoms with Gasteiger partial charge in [-0.1, -0.05) is 6.07 Å². The molecule has 1 aliphatic rings. The summed E-state index contributed by atoms with van der Waals surface area (Å²) in [6.07, 6.45) is 5.36. The molecule has 2 aromatic rings. The number of fused-ring (bicyclic) bond motifs is 1. The van der Waals surface area contributed by atoms with Crippen LogP contribution < -0.4 is 5.32 Å². The number of anilines is 1. The van der Waals surface area contributed by atoms with Crippen molar-refractivity contribution in [3.63, 3.8) is 0 Å². The molecule has 1 aromatic heterocycles. The minimum atomic E-state index is -0.549. The van der Waals surface area contributed by atoms with E-state index in [1.165, 1.54) is 23.5 Å². The molecule has 0 radical (unpaired) electrons. The maximum Gasteiger partial charge on any atom is 0.266 e. The number of amides is 1. The van der Waals surface area contributed by atoms with Crippen LogP contribution in [0, 0.1) is 22.7 Å². The molecule has 0 saturated heterocycles. The van der Waals surface area contributed by atoms with Crippen molar-refractivity contribution in [3.05, 3.63) is 49.8 Å². The van der Waals surface area contributed by atoms with Gasteiger partial charge in [-0.05, 0) is 70.9 Å². The molecule has 1 aromatic carbocycles. The highest BCUT2D eigenvalue weighted by atomic mass is 79.9. The molecular weight excluding hydrogens is 414 g/mol. The number of rotatable bonds is 3. The van der Waals surface area contributed by atoms with Gasteiger partial charge in [-0.2, -0.15) is 10.5 Å². The van der Waals surface area contributed by atoms with Gasteiger partial charge in [0.1, 0.15) is 28.5 Å². The van der Waals surface area contributed by atoms with Gasteiger partial charge in [0, 0.05) is 4.88 Å². The molecular formula is C19H14BrN3O2S. The van der Waals surface area contributed by atoms with Crippen molar-refractivity contribution in [2.45, 2.75) is 25.7 Å². The van der Waals surface area contributed by atoms with Gasteiger partial charge in [-0.25, -0.2) is 0 Å². The van der Waals surface area contributed by atoms with Gasteiger partial charge in [0.05, 0.1) is 10.0 Å². The van der Waals surface area contributed by atoms with Gasteiger partial charge in [0.25, 0.3) is 5.91 Å². The normalized spacial score (nSPS) is 13.4. The molecule has 1 heterocycles. The van der Waals surface area contributed by atoms with Crippen molar-refractivity contribution in [1.29, 1.82) is 10.5 Å². The number of thiophene rings is 1. The predicted molar refractivity (Wildman–Crippen MR) is 104 cm³/mol. The number of nitrogens with one attached hydrogen (secondary N) is 1. The Morgan fingerprint density at radius 2 is 2.08 bits per heavy atom. The maximum absolute atomic E-state index is 12.5. The molecule has 0 fully saturated rings. The molecule has 26 heavy (non-hydrogen) atoms. The highest BCUT2D eigenvalue weighted by molar-refractivity contribution is 9.10. The summed E-state index contributed by atoms with van der Waals surface area (Å²) in [6, 6.07) is 8.78. The Balaban J connectivity index is 1.88. The van der Waals surface area contributed by atoms with Crippen LogP contribution >= 0.6 is 27.3 Å². The van der Waals surface area contributed by atoms with Crippen molar-refractivity contribution >= 4 is 44.3 Å². The minimum Gasteiger partial charge on any atom is -0.507 e. The summed E-state index contributed by atoms with van der Waals surface area (Å²) in [5.41, 5.74) is 2.08. The van der Waals surface area contributed by atoms with Gasteiger partial charge in [-0.3, -0.25) is 4.79 Å². The Morgan fingerprint density at radius 3 is 2.77 bits per heavy atom. The fraction of sp³-hybridized carbons (Fsp3) is 0.211. The van der Waals surface area contributed by atoms with Crippen LogP contribution in [-0.4, -0.2) is 11.0 Å². The van der Waals surface area contributed by atoms with E-state index in [2.05, 4.69) is 27.3 Å². The second-order valence-electron chi connectivity index (χ2n) is 5.86. The smallest absolute Gasteiger partial charge is 0.266 e. The zero-order valence-electron chi connectivity index (χ0n) is 13.7. The summed E-state index contributed by atoms with van der Waals surface area (Å²) in [5, 5.41) is 31.6. The number of nitriles is 2. The molecule has 0 spiro atoms. The molecule has 7 heteroatoms. The Hall–Kier alpha value is -2.61. The zero-order chi connectivity index (χ0) is 18.7. The molecule has 0 atom stereocenters. The summed E-state index contributed by atoms with van der Waals surface area (Å²) >= 11 is 4.62. The highest BCUT2D eigenvalue weighted by Gasteiger charge is 2.22. The third-order valence-electron chi connectivity index (χ3n) is 4.16. The first-order valence-electron chi connectivity index (χ1n) is 7.99. The standard InChI is InChI=1S/C19H14BrN3O2S/c20-15-8-11(5-6-16(15)24)7-12(9-21)18(25)23-19-14(10-22)13-3-1-2-4-17(13)26-19/h5-8,24H,1-4H2,(H,23,25)/b12-7+. The van der Waals surface area contributed by atoms with Gasteiger partial charge >= 0.3 is 0 Å². The zero-order valence-corrected chi connectivity index (χ0v) is 16.1. The number of aryl methyl sites for hydroxylation is 1. The van der Waals surface area contributed by atoms with Crippen LogP contribution in [0.5, 0.6) is 5.75 Å². The molecule has 0 bridgehead atoms. The fourth-order valence-corrected chi connectivity index (χ4v) is 4.50. The molecule has 1 amide bonds. The molecule has 0 aliphatic heterocycles. The first kappa shape index (κ1) is 18.2. The molecule has 0 saturated carbocycles. The van der Waals surface area contributed by atoms with E-state index in [0.717, 1.165) is 36.1 Å². The first-order chi connectivity index (χ1) is 12.5. The number of nitrogens with zero attached hydrogens (tertiary/aromatic N) is 2. The lowest BCUT2D eigenvalue weighted by molar-refractivity contribution is -0.112. The molecule has 1 aliphatic carbocycles. The topological polar surface area (TPSA) is 96.9 Å². The average Bonchev–Trinajstić information content (AvgIpc) is 2.99. The molecule has 130 valence electrons. The largest absolute Gasteiger partial charge is 0.507 e. The van der Waals surface area contributed by atoms with Crippen molar-refractivity contribution in [2.24, 2.45) is 0 Å². The number of hydrogen-bond donors (Lipinski definition) is 2. The van der Waals surface area contributed by atoms with Crippen LogP contribution in [0.3, 0.4) is 0 Å². The molecule has 2 N–H and O–H groups in total. The predicted octanol–water partition coefficient (Wildman–Crippen LogP) is 4.51. The lowest BCUT2D eigenvalue weighted by Gasteiger charge is -2.09. The molecule has 0 unspecified atom stereocenters. The SMILES string of the molecule is N#C/C(=C\c1ccc(O)c(Br)c1)C(=O)Nc1sc2c(c1C#N)CCCC2. The van der Waals surface area contributed by atoms with E-state index < -0.39 is 5.91 Å². The summed E-state index contributed by atoms with van der Waals surface area (Å²) in [6.45, 7) is 0. The number of aromatic hydroxyl groups is 1. The maximum atomic E-state index is 12.5. The molecule has 3 rings (SSSR count). The number of halogens is 1. The van der Waals surface area contributed by atoms with Crippen LogP contribution in [0.1, 0.15) is 34.4 Å². The van der Waals surface area contributed by atoms with Crippen molar-refractivity contribution in [3.8, 4) is 17.9 Å². The Morgan fingerprint density at radius 1 is 1.31 bits per heavy atom. The van der Waals surface area contributed by atoms with E-state index in [-0.39, 0.29) is 11.3 Å². The third kappa shape index (κ3) is 3.65. The minimum absolute atomic E-state index is 0.0714. The van der Waals surface area contributed by atoms with Crippen LogP contribution in [-0.2, 0) is 17.6 Å². The summed E-state index contributed by atoms with van der Waals surface area (Å²) in [4.78, 5) is 13.7. The van der Waals surface area contributed by atoms with Crippen LogP contribution in [0.2, 0.25) is 0 Å². The molecule has 5 nitrogen and oxygen atoms in total. The average molecular weight is 428 g/mol. The number of carbonyl (C=O) groups excluding carboxylic acids is 1. The van der Waals surface area contributed by atoms with E-state index in [1.54, 1.807) is 12.1 Å². The quantitative estimate of drug-likeness (QED) is 0.555. The number of phenols is 1. The second-order valence-corrected chi connectivity index (χ2v) is 7.82. The number of benzene rings is 1.